The van der Waals surface area contributed by atoms with Crippen LogP contribution in [0.1, 0.15) is 36.6 Å². The fraction of sp³-hybridized carbons (Fsp3) is 0.263. The molecule has 1 unspecified atom stereocenters. The lowest BCUT2D eigenvalue weighted by molar-refractivity contribution is 0.325. The Labute approximate surface area is 125 Å². The molecular formula is C19H18O2. The highest BCUT2D eigenvalue weighted by atomic mass is 16.6. The summed E-state index contributed by atoms with van der Waals surface area (Å²) in [6.45, 7) is 4.21. The van der Waals surface area contributed by atoms with Crippen LogP contribution in [-0.2, 0) is 4.74 Å². The lowest BCUT2D eigenvalue weighted by Gasteiger charge is -2.02. The standard InChI is InChI=1S/C19H18O2/c1-19(2)18(21-19)17-7-5-4-6-15(17)11-8-14-9-12-16(20-3)13-10-14/h4-7,9-10,12-13,18H,1-3H3. The van der Waals surface area contributed by atoms with Crippen LogP contribution in [0, 0.1) is 11.8 Å². The second-order valence-electron chi connectivity index (χ2n) is 5.67. The third-order valence-corrected chi connectivity index (χ3v) is 3.67. The fourth-order valence-corrected chi connectivity index (χ4v) is 2.36. The Balaban J connectivity index is 1.87. The number of epoxide rings is 1. The highest BCUT2D eigenvalue weighted by Crippen LogP contribution is 2.49. The maximum Gasteiger partial charge on any atom is 0.118 e. The third-order valence-electron chi connectivity index (χ3n) is 3.67. The SMILES string of the molecule is COc1ccc(C#Cc2ccccc2C2OC2(C)C)cc1. The lowest BCUT2D eigenvalue weighted by atomic mass is 9.98. The fourth-order valence-electron chi connectivity index (χ4n) is 2.36. The number of hydrogen-bond donors (Lipinski definition) is 0. The summed E-state index contributed by atoms with van der Waals surface area (Å²) < 4.78 is 10.9. The van der Waals surface area contributed by atoms with Crippen LogP contribution in [0.25, 0.3) is 0 Å². The summed E-state index contributed by atoms with van der Waals surface area (Å²) in [5, 5.41) is 0. The van der Waals surface area contributed by atoms with E-state index in [-0.39, 0.29) is 11.7 Å². The Morgan fingerprint density at radius 3 is 2.29 bits per heavy atom. The van der Waals surface area contributed by atoms with Gasteiger partial charge in [-0.05, 0) is 49.7 Å². The van der Waals surface area contributed by atoms with Crippen LogP contribution in [-0.4, -0.2) is 12.7 Å². The smallest absolute Gasteiger partial charge is 0.118 e. The van der Waals surface area contributed by atoms with Crippen molar-refractivity contribution in [1.82, 2.24) is 0 Å². The summed E-state index contributed by atoms with van der Waals surface area (Å²) in [7, 11) is 1.66. The van der Waals surface area contributed by atoms with E-state index in [0.29, 0.717) is 0 Å². The molecule has 0 radical (unpaired) electrons. The van der Waals surface area contributed by atoms with E-state index < -0.39 is 0 Å². The van der Waals surface area contributed by atoms with E-state index in [4.69, 9.17) is 9.47 Å². The molecule has 0 aliphatic carbocycles. The van der Waals surface area contributed by atoms with Crippen LogP contribution < -0.4 is 4.74 Å². The number of methoxy groups -OCH3 is 1. The molecule has 2 nitrogen and oxygen atoms in total. The van der Waals surface area contributed by atoms with Crippen molar-refractivity contribution in [3.05, 3.63) is 65.2 Å². The van der Waals surface area contributed by atoms with Crippen molar-refractivity contribution in [2.24, 2.45) is 0 Å². The summed E-state index contributed by atoms with van der Waals surface area (Å²) in [5.74, 6) is 7.30. The van der Waals surface area contributed by atoms with E-state index in [9.17, 15) is 0 Å². The van der Waals surface area contributed by atoms with Crippen molar-refractivity contribution in [3.63, 3.8) is 0 Å². The average Bonchev–Trinajstić information content (AvgIpc) is 3.14. The summed E-state index contributed by atoms with van der Waals surface area (Å²) >= 11 is 0. The van der Waals surface area contributed by atoms with Crippen molar-refractivity contribution in [2.45, 2.75) is 25.6 Å². The first-order valence-electron chi connectivity index (χ1n) is 7.03. The van der Waals surface area contributed by atoms with Crippen LogP contribution in [0.4, 0.5) is 0 Å². The Morgan fingerprint density at radius 2 is 1.67 bits per heavy atom. The Bertz CT molecular complexity index is 702. The van der Waals surface area contributed by atoms with E-state index in [2.05, 4.69) is 31.8 Å². The summed E-state index contributed by atoms with van der Waals surface area (Å²) in [6, 6.07) is 16.0. The monoisotopic (exact) mass is 278 g/mol. The van der Waals surface area contributed by atoms with Gasteiger partial charge in [-0.3, -0.25) is 0 Å². The van der Waals surface area contributed by atoms with Gasteiger partial charge >= 0.3 is 0 Å². The molecule has 1 aliphatic rings. The molecule has 1 atom stereocenters. The molecule has 3 rings (SSSR count). The van der Waals surface area contributed by atoms with Gasteiger partial charge < -0.3 is 9.47 Å². The molecule has 2 aromatic carbocycles. The van der Waals surface area contributed by atoms with E-state index in [1.165, 1.54) is 5.56 Å². The molecule has 0 amide bonds. The zero-order valence-electron chi connectivity index (χ0n) is 12.5. The second kappa shape index (κ2) is 5.27. The molecule has 0 N–H and O–H groups in total. The molecule has 0 saturated carbocycles. The highest BCUT2D eigenvalue weighted by Gasteiger charge is 2.49. The second-order valence-corrected chi connectivity index (χ2v) is 5.67. The van der Waals surface area contributed by atoms with Crippen molar-refractivity contribution in [3.8, 4) is 17.6 Å². The van der Waals surface area contributed by atoms with E-state index >= 15 is 0 Å². The number of ether oxygens (including phenoxy) is 2. The van der Waals surface area contributed by atoms with E-state index in [1.807, 2.05) is 42.5 Å². The number of benzene rings is 2. The van der Waals surface area contributed by atoms with Gasteiger partial charge in [-0.1, -0.05) is 30.0 Å². The molecule has 1 heterocycles. The molecule has 1 aliphatic heterocycles. The molecule has 0 aromatic heterocycles. The molecule has 106 valence electrons. The minimum atomic E-state index is -0.0715. The summed E-state index contributed by atoms with van der Waals surface area (Å²) in [4.78, 5) is 0. The zero-order valence-corrected chi connectivity index (χ0v) is 12.5. The average molecular weight is 278 g/mol. The van der Waals surface area contributed by atoms with Crippen LogP contribution in [0.2, 0.25) is 0 Å². The van der Waals surface area contributed by atoms with Gasteiger partial charge in [0, 0.05) is 11.1 Å². The molecule has 1 saturated heterocycles. The quantitative estimate of drug-likeness (QED) is 0.613. The number of rotatable bonds is 2. The van der Waals surface area contributed by atoms with Crippen molar-refractivity contribution >= 4 is 0 Å². The van der Waals surface area contributed by atoms with Gasteiger partial charge in [0.1, 0.15) is 11.9 Å². The molecule has 0 bridgehead atoms. The predicted molar refractivity (Wildman–Crippen MR) is 83.3 cm³/mol. The van der Waals surface area contributed by atoms with Crippen LogP contribution in [0.3, 0.4) is 0 Å². The molecular weight excluding hydrogens is 260 g/mol. The minimum Gasteiger partial charge on any atom is -0.497 e. The Hall–Kier alpha value is -2.24. The normalized spacial score (nSPS) is 18.5. The first kappa shape index (κ1) is 13.7. The van der Waals surface area contributed by atoms with Gasteiger partial charge in [-0.25, -0.2) is 0 Å². The maximum atomic E-state index is 5.73. The van der Waals surface area contributed by atoms with Crippen LogP contribution in [0.5, 0.6) is 5.75 Å². The van der Waals surface area contributed by atoms with Gasteiger partial charge in [-0.2, -0.15) is 0 Å². The third kappa shape index (κ3) is 2.94. The van der Waals surface area contributed by atoms with Crippen molar-refractivity contribution < 1.29 is 9.47 Å². The lowest BCUT2D eigenvalue weighted by Crippen LogP contribution is -1.99. The van der Waals surface area contributed by atoms with Crippen molar-refractivity contribution in [2.75, 3.05) is 7.11 Å². The molecule has 1 fully saturated rings. The first-order chi connectivity index (χ1) is 10.1. The number of hydrogen-bond acceptors (Lipinski definition) is 2. The summed E-state index contributed by atoms with van der Waals surface area (Å²) in [6.07, 6.45) is 0.152. The molecule has 0 spiro atoms. The molecule has 2 heteroatoms. The van der Waals surface area contributed by atoms with Gasteiger partial charge in [0.2, 0.25) is 0 Å². The maximum absolute atomic E-state index is 5.73. The molecule has 21 heavy (non-hydrogen) atoms. The molecule has 2 aromatic rings. The first-order valence-corrected chi connectivity index (χ1v) is 7.03. The topological polar surface area (TPSA) is 21.8 Å². The van der Waals surface area contributed by atoms with Gasteiger partial charge in [0.25, 0.3) is 0 Å². The van der Waals surface area contributed by atoms with E-state index in [0.717, 1.165) is 16.9 Å². The Morgan fingerprint density at radius 1 is 1.00 bits per heavy atom. The zero-order chi connectivity index (χ0) is 14.9. The minimum absolute atomic E-state index is 0.0715. The van der Waals surface area contributed by atoms with Gasteiger partial charge in [-0.15, -0.1) is 0 Å². The van der Waals surface area contributed by atoms with Crippen LogP contribution >= 0.6 is 0 Å². The Kier molecular flexibility index (Phi) is 3.45. The largest absolute Gasteiger partial charge is 0.497 e. The highest BCUT2D eigenvalue weighted by molar-refractivity contribution is 5.49. The van der Waals surface area contributed by atoms with E-state index in [1.54, 1.807) is 7.11 Å². The summed E-state index contributed by atoms with van der Waals surface area (Å²) in [5.41, 5.74) is 3.10. The van der Waals surface area contributed by atoms with Gasteiger partial charge in [0.05, 0.1) is 12.7 Å². The predicted octanol–water partition coefficient (Wildman–Crippen LogP) is 3.94. The van der Waals surface area contributed by atoms with Gasteiger partial charge in [0.15, 0.2) is 0 Å². The van der Waals surface area contributed by atoms with Crippen LogP contribution in [0.15, 0.2) is 48.5 Å². The van der Waals surface area contributed by atoms with Crippen molar-refractivity contribution in [1.29, 1.82) is 0 Å².